The van der Waals surface area contributed by atoms with Crippen molar-refractivity contribution in [3.63, 3.8) is 0 Å². The Morgan fingerprint density at radius 1 is 1.23 bits per heavy atom. The molecule has 0 radical (unpaired) electrons. The number of carbonyl (C=O) groups is 1. The first-order chi connectivity index (χ1) is 6.06. The Hall–Kier alpha value is -0.250. The van der Waals surface area contributed by atoms with Gasteiger partial charge in [0.25, 0.3) is 0 Å². The van der Waals surface area contributed by atoms with Gasteiger partial charge in [-0.15, -0.1) is 8.93 Å². The van der Waals surface area contributed by atoms with Crippen molar-refractivity contribution in [1.29, 1.82) is 0 Å². The number of hydrogen-bond acceptors (Lipinski definition) is 1. The molecule has 0 aliphatic heterocycles. The van der Waals surface area contributed by atoms with E-state index in [0.29, 0.717) is 0 Å². The molecule has 13 heavy (non-hydrogen) atoms. The van der Waals surface area contributed by atoms with Gasteiger partial charge in [0, 0.05) is 5.56 Å². The standard InChI is InChI=1S/C10H14OP2/c1-6-4-7(2)9(8(3)5-6)10(11)13-12/h4-5,13H,12H2,1-3H3. The van der Waals surface area contributed by atoms with Gasteiger partial charge in [0.1, 0.15) is 0 Å². The van der Waals surface area contributed by atoms with Crippen LogP contribution in [0.15, 0.2) is 12.1 Å². The maximum absolute atomic E-state index is 11.6. The van der Waals surface area contributed by atoms with Crippen LogP contribution < -0.4 is 0 Å². The fourth-order valence-electron chi connectivity index (χ4n) is 1.61. The van der Waals surface area contributed by atoms with Crippen LogP contribution in [0.4, 0.5) is 0 Å². The average molecular weight is 212 g/mol. The molecule has 2 unspecified atom stereocenters. The van der Waals surface area contributed by atoms with Crippen LogP contribution >= 0.6 is 17.2 Å². The zero-order chi connectivity index (χ0) is 10.0. The summed E-state index contributed by atoms with van der Waals surface area (Å²) in [6, 6.07) is 4.12. The van der Waals surface area contributed by atoms with Crippen LogP contribution in [0.5, 0.6) is 0 Å². The third kappa shape index (κ3) is 2.36. The van der Waals surface area contributed by atoms with Crippen LogP contribution in [0.1, 0.15) is 27.0 Å². The van der Waals surface area contributed by atoms with Crippen LogP contribution in [0, 0.1) is 20.8 Å². The molecule has 0 spiro atoms. The summed E-state index contributed by atoms with van der Waals surface area (Å²) in [7, 11) is 2.78. The summed E-state index contributed by atoms with van der Waals surface area (Å²) < 4.78 is 0. The SMILES string of the molecule is Cc1cc(C)c(C(=O)PP)c(C)c1. The summed E-state index contributed by atoms with van der Waals surface area (Å²) in [6.45, 7) is 6.05. The largest absolute Gasteiger partial charge is 0.289 e. The van der Waals surface area contributed by atoms with Gasteiger partial charge >= 0.3 is 0 Å². The Labute approximate surface area is 83.2 Å². The molecule has 0 bridgehead atoms. The molecule has 70 valence electrons. The van der Waals surface area contributed by atoms with Crippen molar-refractivity contribution in [1.82, 2.24) is 0 Å². The minimum absolute atomic E-state index is 0.236. The molecule has 0 aliphatic carbocycles. The lowest BCUT2D eigenvalue weighted by Gasteiger charge is -2.08. The second kappa shape index (κ2) is 4.31. The molecule has 0 N–H and O–H groups in total. The molecule has 0 saturated heterocycles. The summed E-state index contributed by atoms with van der Waals surface area (Å²) >= 11 is 0. The number of rotatable bonds is 2. The average Bonchev–Trinajstić information content (AvgIpc) is 2.02. The molecule has 0 saturated carbocycles. The Kier molecular flexibility index (Phi) is 3.59. The Morgan fingerprint density at radius 3 is 2.08 bits per heavy atom. The monoisotopic (exact) mass is 212 g/mol. The molecule has 3 heteroatoms. The van der Waals surface area contributed by atoms with E-state index in [1.165, 1.54) is 5.56 Å². The molecule has 0 fully saturated rings. The van der Waals surface area contributed by atoms with E-state index in [2.05, 4.69) is 28.0 Å². The highest BCUT2D eigenvalue weighted by Crippen LogP contribution is 2.29. The summed E-state index contributed by atoms with van der Waals surface area (Å²) in [4.78, 5) is 11.6. The summed E-state index contributed by atoms with van der Waals surface area (Å²) in [5.74, 6) is 0. The fraction of sp³-hybridized carbons (Fsp3) is 0.300. The summed E-state index contributed by atoms with van der Waals surface area (Å²) in [5.41, 5.74) is 4.55. The van der Waals surface area contributed by atoms with E-state index in [0.717, 1.165) is 16.7 Å². The van der Waals surface area contributed by atoms with Crippen LogP contribution in [0.25, 0.3) is 0 Å². The Morgan fingerprint density at radius 2 is 1.69 bits per heavy atom. The fourth-order valence-corrected chi connectivity index (χ4v) is 2.58. The first kappa shape index (κ1) is 10.8. The van der Waals surface area contributed by atoms with Gasteiger partial charge in [-0.25, -0.2) is 0 Å². The van der Waals surface area contributed by atoms with Gasteiger partial charge < -0.3 is 0 Å². The van der Waals surface area contributed by atoms with Crippen molar-refractivity contribution < 1.29 is 4.79 Å². The van der Waals surface area contributed by atoms with Crippen molar-refractivity contribution in [2.24, 2.45) is 0 Å². The molecule has 2 atom stereocenters. The molecular weight excluding hydrogens is 198 g/mol. The molecule has 1 rings (SSSR count). The highest BCUT2D eigenvalue weighted by molar-refractivity contribution is 8.11. The zero-order valence-corrected chi connectivity index (χ0v) is 10.3. The lowest BCUT2D eigenvalue weighted by atomic mass is 10.0. The summed E-state index contributed by atoms with van der Waals surface area (Å²) in [6.07, 6.45) is 0. The predicted octanol–water partition coefficient (Wildman–Crippen LogP) is 3.22. The van der Waals surface area contributed by atoms with E-state index in [1.807, 2.05) is 13.8 Å². The van der Waals surface area contributed by atoms with Crippen LogP contribution in [-0.4, -0.2) is 5.52 Å². The molecule has 0 aliphatic rings. The van der Waals surface area contributed by atoms with E-state index < -0.39 is 0 Å². The lowest BCUT2D eigenvalue weighted by Crippen LogP contribution is -1.98. The van der Waals surface area contributed by atoms with E-state index in [9.17, 15) is 4.79 Å². The van der Waals surface area contributed by atoms with E-state index in [4.69, 9.17) is 0 Å². The number of benzene rings is 1. The minimum atomic E-state index is 0.236. The molecule has 0 amide bonds. The molecule has 0 aromatic heterocycles. The van der Waals surface area contributed by atoms with Crippen LogP contribution in [0.3, 0.4) is 0 Å². The smallest absolute Gasteiger partial charge is 0.185 e. The Bertz CT molecular complexity index is 322. The maximum Gasteiger partial charge on any atom is 0.185 e. The van der Waals surface area contributed by atoms with Crippen molar-refractivity contribution in [2.45, 2.75) is 20.8 Å². The van der Waals surface area contributed by atoms with Crippen molar-refractivity contribution in [2.75, 3.05) is 0 Å². The second-order valence-electron chi connectivity index (χ2n) is 3.25. The van der Waals surface area contributed by atoms with Gasteiger partial charge in [0.2, 0.25) is 0 Å². The molecule has 1 nitrogen and oxygen atoms in total. The zero-order valence-electron chi connectivity index (χ0n) is 8.14. The molecule has 0 heterocycles. The van der Waals surface area contributed by atoms with Gasteiger partial charge in [0.05, 0.1) is 0 Å². The van der Waals surface area contributed by atoms with Gasteiger partial charge in [-0.1, -0.05) is 17.7 Å². The lowest BCUT2D eigenvalue weighted by molar-refractivity contribution is 0.108. The first-order valence-electron chi connectivity index (χ1n) is 4.15. The van der Waals surface area contributed by atoms with Crippen molar-refractivity contribution >= 4 is 22.7 Å². The van der Waals surface area contributed by atoms with E-state index in [-0.39, 0.29) is 13.8 Å². The highest BCUT2D eigenvalue weighted by atomic mass is 32.0. The maximum atomic E-state index is 11.6. The quantitative estimate of drug-likeness (QED) is 0.688. The van der Waals surface area contributed by atoms with E-state index >= 15 is 0 Å². The Balaban J connectivity index is 3.28. The van der Waals surface area contributed by atoms with Crippen molar-refractivity contribution in [3.05, 3.63) is 34.4 Å². The van der Waals surface area contributed by atoms with Gasteiger partial charge in [-0.05, 0) is 40.2 Å². The minimum Gasteiger partial charge on any atom is -0.289 e. The van der Waals surface area contributed by atoms with Crippen LogP contribution in [0.2, 0.25) is 0 Å². The van der Waals surface area contributed by atoms with Gasteiger partial charge in [-0.2, -0.15) is 0 Å². The normalized spacial score (nSPS) is 11.1. The number of carbonyl (C=O) groups excluding carboxylic acids is 1. The second-order valence-corrected chi connectivity index (χ2v) is 4.86. The summed E-state index contributed by atoms with van der Waals surface area (Å²) in [5, 5.41) is 0. The topological polar surface area (TPSA) is 17.1 Å². The molecular formula is C10H14OP2. The predicted molar refractivity (Wildman–Crippen MR) is 63.0 cm³/mol. The van der Waals surface area contributed by atoms with Crippen molar-refractivity contribution in [3.8, 4) is 0 Å². The third-order valence-electron chi connectivity index (χ3n) is 2.04. The van der Waals surface area contributed by atoms with Gasteiger partial charge in [0.15, 0.2) is 5.52 Å². The highest BCUT2D eigenvalue weighted by Gasteiger charge is 2.10. The van der Waals surface area contributed by atoms with Gasteiger partial charge in [-0.3, -0.25) is 4.79 Å². The molecule has 1 aromatic carbocycles. The molecule has 1 aromatic rings. The van der Waals surface area contributed by atoms with E-state index in [1.54, 1.807) is 0 Å². The van der Waals surface area contributed by atoms with Crippen LogP contribution in [-0.2, 0) is 0 Å². The number of hydrogen-bond donors (Lipinski definition) is 0. The number of aryl methyl sites for hydroxylation is 3. The first-order valence-corrected chi connectivity index (χ1v) is 6.96. The third-order valence-corrected chi connectivity index (χ3v) is 3.33.